The van der Waals surface area contributed by atoms with E-state index in [0.717, 1.165) is 0 Å². The van der Waals surface area contributed by atoms with Gasteiger partial charge in [-0.2, -0.15) is 0 Å². The van der Waals surface area contributed by atoms with E-state index in [1.165, 1.54) is 0 Å². The van der Waals surface area contributed by atoms with Gasteiger partial charge in [0.2, 0.25) is 0 Å². The van der Waals surface area contributed by atoms with Crippen LogP contribution in [-0.4, -0.2) is 11.4 Å². The van der Waals surface area contributed by atoms with Crippen molar-refractivity contribution in [3.63, 3.8) is 0 Å². The van der Waals surface area contributed by atoms with Crippen LogP contribution in [0.4, 0.5) is 9.59 Å². The Morgan fingerprint density at radius 1 is 1.14 bits per heavy atom. The van der Waals surface area contributed by atoms with Gasteiger partial charge in [-0.1, -0.05) is 0 Å². The Labute approximate surface area is 45.2 Å². The van der Waals surface area contributed by atoms with E-state index in [1.807, 2.05) is 0 Å². The van der Waals surface area contributed by atoms with E-state index in [4.69, 9.17) is 0 Å². The summed E-state index contributed by atoms with van der Waals surface area (Å²) in [5, 5.41) is 0. The van der Waals surface area contributed by atoms with Crippen molar-refractivity contribution >= 4 is 29.9 Å². The van der Waals surface area contributed by atoms with Gasteiger partial charge in [0.1, 0.15) is 0 Å². The molecule has 0 spiro atoms. The van der Waals surface area contributed by atoms with E-state index in [-0.39, 0.29) is 0 Å². The highest BCUT2D eigenvalue weighted by atomic mass is 31.0. The minimum Gasteiger partial charge on any atom is -0.387 e. The summed E-state index contributed by atoms with van der Waals surface area (Å²) < 4.78 is 3.90. The summed E-state index contributed by atoms with van der Waals surface area (Å²) in [4.78, 5) is 19.5. The topological polar surface area (TPSA) is 43.4 Å². The molecule has 7 heavy (non-hydrogen) atoms. The molecule has 0 aromatic rings. The van der Waals surface area contributed by atoms with E-state index in [9.17, 15) is 9.59 Å². The molecule has 0 aromatic carbocycles. The molecule has 0 rings (SSSR count). The summed E-state index contributed by atoms with van der Waals surface area (Å²) in [6, 6.07) is 0. The standard InChI is InChI=1S/C2H4O3P2/c3-1(6)5-2(4)7/h6-7H2. The van der Waals surface area contributed by atoms with Crippen LogP contribution in [-0.2, 0) is 4.74 Å². The van der Waals surface area contributed by atoms with Gasteiger partial charge >= 0.3 is 11.4 Å². The lowest BCUT2D eigenvalue weighted by molar-refractivity contribution is 0.187. The third kappa shape index (κ3) is 6.00. The zero-order chi connectivity index (χ0) is 5.86. The Bertz CT molecular complexity index is 87.1. The second-order valence-electron chi connectivity index (χ2n) is 0.740. The summed E-state index contributed by atoms with van der Waals surface area (Å²) in [6.45, 7) is 0. The molecule has 0 bridgehead atoms. The van der Waals surface area contributed by atoms with Crippen LogP contribution in [0.25, 0.3) is 0 Å². The van der Waals surface area contributed by atoms with Crippen LogP contribution in [0.2, 0.25) is 0 Å². The highest BCUT2D eigenvalue weighted by Gasteiger charge is 1.93. The summed E-state index contributed by atoms with van der Waals surface area (Å²) in [6.07, 6.45) is 0. The molecule has 0 aliphatic heterocycles. The van der Waals surface area contributed by atoms with Crippen molar-refractivity contribution in [1.29, 1.82) is 0 Å². The number of ether oxygens (including phenoxy) is 1. The van der Waals surface area contributed by atoms with E-state index < -0.39 is 11.4 Å². The molecule has 2 unspecified atom stereocenters. The van der Waals surface area contributed by atoms with Crippen LogP contribution in [0.15, 0.2) is 0 Å². The first kappa shape index (κ1) is 7.00. The Kier molecular flexibility index (Phi) is 3.06. The molecule has 5 heteroatoms. The van der Waals surface area contributed by atoms with E-state index in [2.05, 4.69) is 4.74 Å². The normalized spacial score (nSPS) is 7.71. The fourth-order valence-corrected chi connectivity index (χ4v) is 0.468. The van der Waals surface area contributed by atoms with Crippen LogP contribution in [0.5, 0.6) is 0 Å². The molecule has 2 atom stereocenters. The molecule has 0 heterocycles. The van der Waals surface area contributed by atoms with Crippen LogP contribution >= 0.6 is 18.5 Å². The highest BCUT2D eigenvalue weighted by Crippen LogP contribution is 1.96. The molecule has 40 valence electrons. The Balaban J connectivity index is 3.32. The maximum Gasteiger partial charge on any atom is 0.327 e. The second-order valence-corrected chi connectivity index (χ2v) is 1.68. The molecule has 0 aliphatic carbocycles. The predicted molar refractivity (Wildman–Crippen MR) is 31.3 cm³/mol. The lowest BCUT2D eigenvalue weighted by Gasteiger charge is -1.87. The van der Waals surface area contributed by atoms with E-state index in [0.29, 0.717) is 0 Å². The van der Waals surface area contributed by atoms with E-state index >= 15 is 0 Å². The van der Waals surface area contributed by atoms with E-state index in [1.54, 1.807) is 18.5 Å². The zero-order valence-corrected chi connectivity index (χ0v) is 5.69. The number of rotatable bonds is 0. The summed E-state index contributed by atoms with van der Waals surface area (Å²) in [5.41, 5.74) is -1.33. The molecule has 0 saturated heterocycles. The number of hydrogen-bond acceptors (Lipinski definition) is 3. The Morgan fingerprint density at radius 3 is 1.43 bits per heavy atom. The maximum atomic E-state index is 9.76. The van der Waals surface area contributed by atoms with Crippen LogP contribution < -0.4 is 0 Å². The highest BCUT2D eigenvalue weighted by molar-refractivity contribution is 7.42. The van der Waals surface area contributed by atoms with Gasteiger partial charge in [-0.15, -0.1) is 0 Å². The SMILES string of the molecule is O=C(P)OC(=O)P. The van der Waals surface area contributed by atoms with Crippen molar-refractivity contribution in [1.82, 2.24) is 0 Å². The van der Waals surface area contributed by atoms with Gasteiger partial charge < -0.3 is 4.74 Å². The van der Waals surface area contributed by atoms with Crippen LogP contribution in [0, 0.1) is 0 Å². The molecule has 0 saturated carbocycles. The summed E-state index contributed by atoms with van der Waals surface area (Å²) in [7, 11) is 3.41. The second kappa shape index (κ2) is 3.06. The molecule has 3 nitrogen and oxygen atoms in total. The summed E-state index contributed by atoms with van der Waals surface area (Å²) in [5.74, 6) is 0. The predicted octanol–water partition coefficient (Wildman–Crippen LogP) is 0.993. The zero-order valence-electron chi connectivity index (χ0n) is 3.38. The molecule has 0 N–H and O–H groups in total. The van der Waals surface area contributed by atoms with Crippen LogP contribution in [0.3, 0.4) is 0 Å². The van der Waals surface area contributed by atoms with Crippen molar-refractivity contribution in [3.05, 3.63) is 0 Å². The van der Waals surface area contributed by atoms with Crippen molar-refractivity contribution in [3.8, 4) is 0 Å². The van der Waals surface area contributed by atoms with Crippen molar-refractivity contribution in [2.75, 3.05) is 0 Å². The minimum atomic E-state index is -0.667. The first-order chi connectivity index (χ1) is 3.13. The Morgan fingerprint density at radius 2 is 1.43 bits per heavy atom. The van der Waals surface area contributed by atoms with Gasteiger partial charge in [-0.25, -0.2) is 9.59 Å². The van der Waals surface area contributed by atoms with Crippen molar-refractivity contribution < 1.29 is 14.3 Å². The smallest absolute Gasteiger partial charge is 0.327 e. The van der Waals surface area contributed by atoms with Gasteiger partial charge in [-0.05, 0) is 18.5 Å². The number of carbonyl (C=O) groups excluding carboxylic acids is 2. The lowest BCUT2D eigenvalue weighted by atomic mass is 11.4. The Hall–Kier alpha value is -0.0000000000000000555. The third-order valence-corrected chi connectivity index (χ3v) is 0.437. The number of hydrogen-bond donors (Lipinski definition) is 0. The molecular formula is C2H4O3P2. The van der Waals surface area contributed by atoms with Gasteiger partial charge in [0.25, 0.3) is 0 Å². The van der Waals surface area contributed by atoms with Gasteiger partial charge in [0, 0.05) is 0 Å². The van der Waals surface area contributed by atoms with Crippen LogP contribution in [0.1, 0.15) is 0 Å². The molecule has 0 amide bonds. The fourth-order valence-electron chi connectivity index (χ4n) is 0.0991. The first-order valence-electron chi connectivity index (χ1n) is 1.39. The number of carbonyl (C=O) groups is 2. The largest absolute Gasteiger partial charge is 0.387 e. The quantitative estimate of drug-likeness (QED) is 0.370. The molecule has 0 radical (unpaired) electrons. The maximum absolute atomic E-state index is 9.76. The van der Waals surface area contributed by atoms with Gasteiger partial charge in [0.05, 0.1) is 0 Å². The molecule has 0 aliphatic rings. The first-order valence-corrected chi connectivity index (χ1v) is 2.55. The van der Waals surface area contributed by atoms with Gasteiger partial charge in [-0.3, -0.25) is 0 Å². The molecular weight excluding hydrogens is 134 g/mol. The third-order valence-electron chi connectivity index (χ3n) is 0.201. The average molecular weight is 138 g/mol. The molecule has 0 fully saturated rings. The molecule has 0 aromatic heterocycles. The minimum absolute atomic E-state index is 0.667. The average Bonchev–Trinajstić information content (AvgIpc) is 1.27. The lowest BCUT2D eigenvalue weighted by Crippen LogP contribution is -1.92. The summed E-state index contributed by atoms with van der Waals surface area (Å²) >= 11 is 0. The monoisotopic (exact) mass is 138 g/mol. The van der Waals surface area contributed by atoms with Gasteiger partial charge in [0.15, 0.2) is 0 Å². The van der Waals surface area contributed by atoms with Crippen molar-refractivity contribution in [2.24, 2.45) is 0 Å². The fraction of sp³-hybridized carbons (Fsp3) is 0. The van der Waals surface area contributed by atoms with Crippen molar-refractivity contribution in [2.45, 2.75) is 0 Å².